The second-order valence-electron chi connectivity index (χ2n) is 6.90. The molecule has 1 aliphatic carbocycles. The largest absolute Gasteiger partial charge is 0.382 e. The van der Waals surface area contributed by atoms with Crippen LogP contribution in [-0.4, -0.2) is 36.3 Å². The molecule has 0 unspecified atom stereocenters. The fraction of sp³-hybridized carbons (Fsp3) is 0.500. The third-order valence-corrected chi connectivity index (χ3v) is 6.65. The van der Waals surface area contributed by atoms with Gasteiger partial charge in [-0.2, -0.15) is 5.26 Å². The van der Waals surface area contributed by atoms with Gasteiger partial charge in [-0.25, -0.2) is 9.97 Å². The molecule has 0 amide bonds. The molecule has 0 bridgehead atoms. The van der Waals surface area contributed by atoms with Gasteiger partial charge in [0, 0.05) is 18.0 Å². The van der Waals surface area contributed by atoms with E-state index in [1.54, 1.807) is 0 Å². The van der Waals surface area contributed by atoms with Gasteiger partial charge < -0.3 is 15.4 Å². The summed E-state index contributed by atoms with van der Waals surface area (Å²) in [5.41, 5.74) is 8.12. The Hall–Kier alpha value is -1.70. The van der Waals surface area contributed by atoms with Gasteiger partial charge in [0.25, 0.3) is 0 Å². The molecule has 1 aliphatic heterocycles. The summed E-state index contributed by atoms with van der Waals surface area (Å²) in [6.07, 6.45) is 4.06. The van der Waals surface area contributed by atoms with E-state index in [1.807, 2.05) is 4.90 Å². The number of morpholine rings is 1. The molecule has 8 nitrogen and oxygen atoms in total. The number of nitrogens with zero attached hydrogens (tertiary/aromatic N) is 6. The van der Waals surface area contributed by atoms with Crippen LogP contribution in [-0.2, 0) is 21.4 Å². The van der Waals surface area contributed by atoms with Crippen LogP contribution in [0, 0.1) is 11.3 Å². The Morgan fingerprint density at radius 3 is 2.57 bits per heavy atom. The van der Waals surface area contributed by atoms with Crippen molar-refractivity contribution in [1.82, 2.24) is 9.97 Å². The van der Waals surface area contributed by atoms with Crippen molar-refractivity contribution in [3.63, 3.8) is 0 Å². The lowest BCUT2D eigenvalue weighted by Gasteiger charge is -2.29. The van der Waals surface area contributed by atoms with Gasteiger partial charge in [-0.15, -0.1) is 21.6 Å². The van der Waals surface area contributed by atoms with Gasteiger partial charge in [0.15, 0.2) is 28.1 Å². The molecule has 4 rings (SSSR count). The van der Waals surface area contributed by atoms with E-state index in [4.69, 9.17) is 45.3 Å². The molecule has 0 atom stereocenters. The first-order valence-electron chi connectivity index (χ1n) is 9.42. The highest BCUT2D eigenvalue weighted by atomic mass is 35.6. The van der Waals surface area contributed by atoms with Crippen LogP contribution in [0.2, 0.25) is 0 Å². The van der Waals surface area contributed by atoms with Crippen LogP contribution in [0.5, 0.6) is 0 Å². The standard InChI is InChI=1S/C18H18Cl3N7OS/c19-18(20,21)17-24-14(23)13(15(25-17)28-5-7-29-8-6-28)26-27-16-11(9-22)10-3-1-2-4-12(10)30-16/h1-8H2,(H2,23,24,25). The lowest BCUT2D eigenvalue weighted by Crippen LogP contribution is -2.37. The Bertz CT molecular complexity index is 1020. The summed E-state index contributed by atoms with van der Waals surface area (Å²) in [6, 6.07) is 2.28. The topological polar surface area (TPSA) is 113 Å². The molecule has 0 spiro atoms. The molecule has 0 aromatic carbocycles. The van der Waals surface area contributed by atoms with Gasteiger partial charge in [0.2, 0.25) is 3.79 Å². The maximum absolute atomic E-state index is 9.64. The first kappa shape index (κ1) is 21.5. The molecule has 2 aliphatic rings. The first-order valence-corrected chi connectivity index (χ1v) is 11.4. The fourth-order valence-electron chi connectivity index (χ4n) is 3.51. The van der Waals surface area contributed by atoms with Crippen molar-refractivity contribution in [2.24, 2.45) is 10.2 Å². The maximum Gasteiger partial charge on any atom is 0.250 e. The molecule has 12 heteroatoms. The lowest BCUT2D eigenvalue weighted by atomic mass is 9.96. The van der Waals surface area contributed by atoms with Crippen molar-refractivity contribution in [3.8, 4) is 6.07 Å². The van der Waals surface area contributed by atoms with E-state index in [-0.39, 0.29) is 17.3 Å². The Morgan fingerprint density at radius 2 is 1.87 bits per heavy atom. The van der Waals surface area contributed by atoms with E-state index < -0.39 is 3.79 Å². The highest BCUT2D eigenvalue weighted by molar-refractivity contribution is 7.16. The number of alkyl halides is 3. The minimum Gasteiger partial charge on any atom is -0.382 e. The van der Waals surface area contributed by atoms with Crippen LogP contribution in [0.25, 0.3) is 0 Å². The lowest BCUT2D eigenvalue weighted by molar-refractivity contribution is 0.122. The molecule has 1 saturated heterocycles. The molecule has 2 N–H and O–H groups in total. The van der Waals surface area contributed by atoms with E-state index in [0.29, 0.717) is 42.7 Å². The number of anilines is 2. The van der Waals surface area contributed by atoms with Gasteiger partial charge in [-0.1, -0.05) is 34.8 Å². The fourth-order valence-corrected chi connectivity index (χ4v) is 4.92. The van der Waals surface area contributed by atoms with E-state index in [2.05, 4.69) is 26.3 Å². The first-order chi connectivity index (χ1) is 14.4. The highest BCUT2D eigenvalue weighted by Crippen LogP contribution is 2.43. The van der Waals surface area contributed by atoms with Crippen molar-refractivity contribution >= 4 is 68.5 Å². The summed E-state index contributed by atoms with van der Waals surface area (Å²) in [5, 5.41) is 18.9. The van der Waals surface area contributed by atoms with Crippen LogP contribution < -0.4 is 10.6 Å². The Balaban J connectivity index is 1.77. The zero-order valence-electron chi connectivity index (χ0n) is 15.9. The molecule has 30 heavy (non-hydrogen) atoms. The molecule has 1 fully saturated rings. The smallest absolute Gasteiger partial charge is 0.250 e. The quantitative estimate of drug-likeness (QED) is 0.485. The number of nitrogens with two attached hydrogens (primary N) is 1. The van der Waals surface area contributed by atoms with E-state index in [9.17, 15) is 5.26 Å². The number of hydrogen-bond donors (Lipinski definition) is 1. The summed E-state index contributed by atoms with van der Waals surface area (Å²) in [5.74, 6) is 0.446. The number of halogens is 3. The predicted octanol–water partition coefficient (Wildman–Crippen LogP) is 4.95. The molecule has 0 saturated carbocycles. The number of nitrogen functional groups attached to an aromatic ring is 1. The average Bonchev–Trinajstić information content (AvgIpc) is 3.09. The number of fused-ring (bicyclic) bond motifs is 1. The van der Waals surface area contributed by atoms with Crippen LogP contribution in [0.15, 0.2) is 10.2 Å². The summed E-state index contributed by atoms with van der Waals surface area (Å²) < 4.78 is 3.58. The minimum absolute atomic E-state index is 0.0326. The number of hydrogen-bond acceptors (Lipinski definition) is 9. The third-order valence-electron chi connectivity index (χ3n) is 4.96. The molecular formula is C18H18Cl3N7OS. The van der Waals surface area contributed by atoms with Gasteiger partial charge in [-0.05, 0) is 31.2 Å². The third kappa shape index (κ3) is 4.34. The predicted molar refractivity (Wildman–Crippen MR) is 119 cm³/mol. The molecule has 2 aromatic heterocycles. The average molecular weight is 487 g/mol. The molecule has 3 heterocycles. The summed E-state index contributed by atoms with van der Waals surface area (Å²) in [6.45, 7) is 2.21. The van der Waals surface area contributed by atoms with Crippen molar-refractivity contribution in [3.05, 3.63) is 21.8 Å². The van der Waals surface area contributed by atoms with Gasteiger partial charge in [-0.3, -0.25) is 0 Å². The monoisotopic (exact) mass is 485 g/mol. The number of aromatic nitrogens is 2. The normalized spacial score (nSPS) is 17.2. The highest BCUT2D eigenvalue weighted by Gasteiger charge is 2.31. The number of aryl methyl sites for hydroxylation is 1. The number of ether oxygens (including phenoxy) is 1. The zero-order chi connectivity index (χ0) is 21.3. The second kappa shape index (κ2) is 8.81. The number of thiophene rings is 1. The van der Waals surface area contributed by atoms with Crippen molar-refractivity contribution in [1.29, 1.82) is 5.26 Å². The Labute approximate surface area is 192 Å². The van der Waals surface area contributed by atoms with Crippen molar-refractivity contribution in [2.45, 2.75) is 29.5 Å². The Kier molecular flexibility index (Phi) is 6.32. The Morgan fingerprint density at radius 1 is 1.13 bits per heavy atom. The number of azo groups is 1. The van der Waals surface area contributed by atoms with Crippen molar-refractivity contribution < 1.29 is 4.74 Å². The summed E-state index contributed by atoms with van der Waals surface area (Å²) in [7, 11) is 0. The molecule has 0 radical (unpaired) electrons. The maximum atomic E-state index is 9.64. The molecule has 158 valence electrons. The zero-order valence-corrected chi connectivity index (χ0v) is 19.0. The summed E-state index contributed by atoms with van der Waals surface area (Å²) >= 11 is 19.4. The molecule has 2 aromatic rings. The summed E-state index contributed by atoms with van der Waals surface area (Å²) in [4.78, 5) is 11.7. The van der Waals surface area contributed by atoms with E-state index in [1.165, 1.54) is 16.2 Å². The van der Waals surface area contributed by atoms with E-state index >= 15 is 0 Å². The number of rotatable bonds is 3. The molecular weight excluding hydrogens is 469 g/mol. The second-order valence-corrected chi connectivity index (χ2v) is 10.3. The van der Waals surface area contributed by atoms with Gasteiger partial charge in [0.05, 0.1) is 18.8 Å². The minimum atomic E-state index is -1.83. The van der Waals surface area contributed by atoms with Gasteiger partial charge >= 0.3 is 0 Å². The van der Waals surface area contributed by atoms with Gasteiger partial charge in [0.1, 0.15) is 6.07 Å². The van der Waals surface area contributed by atoms with Crippen LogP contribution in [0.4, 0.5) is 22.3 Å². The number of nitriles is 1. The van der Waals surface area contributed by atoms with Crippen LogP contribution in [0.1, 0.15) is 34.7 Å². The van der Waals surface area contributed by atoms with Crippen LogP contribution in [0.3, 0.4) is 0 Å². The van der Waals surface area contributed by atoms with E-state index in [0.717, 1.165) is 31.2 Å². The van der Waals surface area contributed by atoms with Crippen LogP contribution >= 0.6 is 46.1 Å². The van der Waals surface area contributed by atoms with Crippen molar-refractivity contribution in [2.75, 3.05) is 36.9 Å². The SMILES string of the molecule is N#Cc1c(N=Nc2c(N)nc(C(Cl)(Cl)Cl)nc2N2CCOCC2)sc2c1CCCC2.